The second-order valence-electron chi connectivity index (χ2n) is 4.60. The van der Waals surface area contributed by atoms with Crippen LogP contribution in [0.5, 0.6) is 0 Å². The first-order chi connectivity index (χ1) is 6.85. The van der Waals surface area contributed by atoms with Crippen LogP contribution in [-0.4, -0.2) is 35.6 Å². The molecule has 1 heterocycles. The van der Waals surface area contributed by atoms with Crippen molar-refractivity contribution in [1.29, 1.82) is 0 Å². The minimum absolute atomic E-state index is 0.617. The molecule has 1 aliphatic carbocycles. The van der Waals surface area contributed by atoms with Gasteiger partial charge in [-0.25, -0.2) is 0 Å². The smallest absolute Gasteiger partial charge is 0.0281 e. The van der Waals surface area contributed by atoms with E-state index in [1.165, 1.54) is 50.3 Å². The average Bonchev–Trinajstić information content (AvgIpc) is 2.62. The van der Waals surface area contributed by atoms with Crippen LogP contribution < -0.4 is 5.32 Å². The number of thioether (sulfide) groups is 2. The third-order valence-electron chi connectivity index (χ3n) is 3.60. The normalized spacial score (nSPS) is 30.2. The highest BCUT2D eigenvalue weighted by atomic mass is 32.2. The molecule has 0 aromatic heterocycles. The number of rotatable bonds is 5. The molecule has 0 aromatic carbocycles. The van der Waals surface area contributed by atoms with Crippen LogP contribution in [0.15, 0.2) is 0 Å². The van der Waals surface area contributed by atoms with Gasteiger partial charge in [-0.05, 0) is 49.5 Å². The van der Waals surface area contributed by atoms with Gasteiger partial charge in [0.1, 0.15) is 0 Å². The van der Waals surface area contributed by atoms with Gasteiger partial charge in [-0.1, -0.05) is 6.42 Å². The van der Waals surface area contributed by atoms with E-state index >= 15 is 0 Å². The monoisotopic (exact) mass is 231 g/mol. The van der Waals surface area contributed by atoms with E-state index in [0.29, 0.717) is 4.75 Å². The molecule has 1 aliphatic heterocycles. The molecule has 1 unspecified atom stereocenters. The Kier molecular flexibility index (Phi) is 4.09. The van der Waals surface area contributed by atoms with E-state index in [4.69, 9.17) is 0 Å². The number of hydrogen-bond donors (Lipinski definition) is 1. The Labute approximate surface area is 96.2 Å². The van der Waals surface area contributed by atoms with E-state index in [-0.39, 0.29) is 0 Å². The Balaban J connectivity index is 1.61. The van der Waals surface area contributed by atoms with Gasteiger partial charge in [-0.3, -0.25) is 0 Å². The minimum Gasteiger partial charge on any atom is -0.315 e. The van der Waals surface area contributed by atoms with Crippen molar-refractivity contribution in [2.75, 3.05) is 30.9 Å². The zero-order valence-corrected chi connectivity index (χ0v) is 10.7. The Bertz CT molecular complexity index is 169. The molecular formula is C11H21NS2. The molecule has 1 saturated carbocycles. The molecule has 0 spiro atoms. The lowest BCUT2D eigenvalue weighted by Crippen LogP contribution is -2.44. The molecule has 2 fully saturated rings. The first-order valence-electron chi connectivity index (χ1n) is 5.68. The molecule has 14 heavy (non-hydrogen) atoms. The quantitative estimate of drug-likeness (QED) is 0.781. The van der Waals surface area contributed by atoms with Crippen molar-refractivity contribution >= 4 is 23.5 Å². The summed E-state index contributed by atoms with van der Waals surface area (Å²) in [6.45, 7) is 2.50. The summed E-state index contributed by atoms with van der Waals surface area (Å²) in [5.74, 6) is 3.73. The van der Waals surface area contributed by atoms with Crippen LogP contribution in [0.2, 0.25) is 0 Å². The fourth-order valence-electron chi connectivity index (χ4n) is 2.27. The van der Waals surface area contributed by atoms with Gasteiger partial charge in [0.2, 0.25) is 0 Å². The van der Waals surface area contributed by atoms with E-state index in [0.717, 1.165) is 5.92 Å². The van der Waals surface area contributed by atoms with E-state index < -0.39 is 0 Å². The van der Waals surface area contributed by atoms with Gasteiger partial charge in [-0.2, -0.15) is 23.5 Å². The highest BCUT2D eigenvalue weighted by Gasteiger charge is 2.35. The van der Waals surface area contributed by atoms with Crippen LogP contribution in [0.1, 0.15) is 25.7 Å². The molecule has 1 nitrogen and oxygen atoms in total. The molecular weight excluding hydrogens is 210 g/mol. The summed E-state index contributed by atoms with van der Waals surface area (Å²) in [6.07, 6.45) is 8.01. The molecule has 2 rings (SSSR count). The van der Waals surface area contributed by atoms with Crippen LogP contribution in [-0.2, 0) is 0 Å². The summed E-state index contributed by atoms with van der Waals surface area (Å²) in [4.78, 5) is 0. The second kappa shape index (κ2) is 5.13. The molecule has 3 heteroatoms. The lowest BCUT2D eigenvalue weighted by molar-refractivity contribution is 0.338. The number of hydrogen-bond acceptors (Lipinski definition) is 3. The molecule has 0 amide bonds. The molecule has 1 N–H and O–H groups in total. The van der Waals surface area contributed by atoms with E-state index in [9.17, 15) is 0 Å². The maximum Gasteiger partial charge on any atom is 0.0281 e. The number of nitrogens with one attached hydrogen (secondary N) is 1. The summed E-state index contributed by atoms with van der Waals surface area (Å²) < 4.78 is 0.617. The van der Waals surface area contributed by atoms with E-state index in [1.807, 2.05) is 0 Å². The SMILES string of the molecule is CSC1(CNCC2CCSC2)CCC1. The largest absolute Gasteiger partial charge is 0.315 e. The van der Waals surface area contributed by atoms with Gasteiger partial charge in [0.25, 0.3) is 0 Å². The summed E-state index contributed by atoms with van der Waals surface area (Å²) in [7, 11) is 0. The fourth-order valence-corrected chi connectivity index (χ4v) is 4.50. The van der Waals surface area contributed by atoms with Crippen molar-refractivity contribution in [3.05, 3.63) is 0 Å². The molecule has 1 atom stereocenters. The lowest BCUT2D eigenvalue weighted by Gasteiger charge is -2.40. The van der Waals surface area contributed by atoms with Crippen LogP contribution in [0, 0.1) is 5.92 Å². The average molecular weight is 231 g/mol. The minimum atomic E-state index is 0.617. The predicted molar refractivity (Wildman–Crippen MR) is 68.4 cm³/mol. The summed E-state index contributed by atoms with van der Waals surface area (Å²) >= 11 is 4.19. The first-order valence-corrected chi connectivity index (χ1v) is 8.06. The predicted octanol–water partition coefficient (Wildman–Crippen LogP) is 2.61. The maximum absolute atomic E-state index is 3.69. The first kappa shape index (κ1) is 11.2. The highest BCUT2D eigenvalue weighted by molar-refractivity contribution is 8.00. The lowest BCUT2D eigenvalue weighted by atomic mass is 9.84. The Hall–Kier alpha value is 0.660. The fraction of sp³-hybridized carbons (Fsp3) is 1.00. The van der Waals surface area contributed by atoms with Crippen molar-refractivity contribution in [1.82, 2.24) is 5.32 Å². The van der Waals surface area contributed by atoms with Crippen LogP contribution in [0.4, 0.5) is 0 Å². The Morgan fingerprint density at radius 2 is 2.36 bits per heavy atom. The van der Waals surface area contributed by atoms with Crippen LogP contribution in [0.25, 0.3) is 0 Å². The Morgan fingerprint density at radius 1 is 1.50 bits per heavy atom. The van der Waals surface area contributed by atoms with Gasteiger partial charge in [0, 0.05) is 11.3 Å². The molecule has 2 aliphatic rings. The van der Waals surface area contributed by atoms with Gasteiger partial charge >= 0.3 is 0 Å². The second-order valence-corrected chi connectivity index (χ2v) is 7.03. The van der Waals surface area contributed by atoms with E-state index in [1.54, 1.807) is 0 Å². The molecule has 0 bridgehead atoms. The van der Waals surface area contributed by atoms with Crippen LogP contribution >= 0.6 is 23.5 Å². The Morgan fingerprint density at radius 3 is 2.86 bits per heavy atom. The molecule has 0 radical (unpaired) electrons. The molecule has 82 valence electrons. The van der Waals surface area contributed by atoms with Crippen molar-refractivity contribution in [2.45, 2.75) is 30.4 Å². The molecule has 1 saturated heterocycles. The summed E-state index contributed by atoms with van der Waals surface area (Å²) in [6, 6.07) is 0. The summed E-state index contributed by atoms with van der Waals surface area (Å²) in [5.41, 5.74) is 0. The van der Waals surface area contributed by atoms with Crippen molar-refractivity contribution in [3.8, 4) is 0 Å². The maximum atomic E-state index is 3.69. The third-order valence-corrected chi connectivity index (χ3v) is 6.25. The zero-order chi connectivity index (χ0) is 9.86. The van der Waals surface area contributed by atoms with Crippen molar-refractivity contribution in [2.24, 2.45) is 5.92 Å². The van der Waals surface area contributed by atoms with Gasteiger partial charge in [-0.15, -0.1) is 0 Å². The van der Waals surface area contributed by atoms with Gasteiger partial charge < -0.3 is 5.32 Å². The van der Waals surface area contributed by atoms with Crippen molar-refractivity contribution < 1.29 is 0 Å². The van der Waals surface area contributed by atoms with Crippen molar-refractivity contribution in [3.63, 3.8) is 0 Å². The topological polar surface area (TPSA) is 12.0 Å². The van der Waals surface area contributed by atoms with E-state index in [2.05, 4.69) is 35.1 Å². The molecule has 0 aromatic rings. The summed E-state index contributed by atoms with van der Waals surface area (Å²) in [5, 5.41) is 3.69. The highest BCUT2D eigenvalue weighted by Crippen LogP contribution is 2.42. The standard InChI is InChI=1S/C11H21NS2/c1-13-11(4-2-5-11)9-12-7-10-3-6-14-8-10/h10,12H,2-9H2,1H3. The van der Waals surface area contributed by atoms with Crippen LogP contribution in [0.3, 0.4) is 0 Å². The van der Waals surface area contributed by atoms with Gasteiger partial charge in [0.15, 0.2) is 0 Å². The van der Waals surface area contributed by atoms with Gasteiger partial charge in [0.05, 0.1) is 0 Å². The zero-order valence-electron chi connectivity index (χ0n) is 9.05. The third kappa shape index (κ3) is 2.61.